The Balaban J connectivity index is 2.39. The normalized spacial score (nSPS) is 20.0. The number of hydrogen-bond donors (Lipinski definition) is 2. The van der Waals surface area contributed by atoms with Crippen molar-refractivity contribution in [2.75, 3.05) is 19.6 Å². The van der Waals surface area contributed by atoms with Gasteiger partial charge in [0.2, 0.25) is 5.91 Å². The minimum Gasteiger partial charge on any atom is -0.325 e. The quantitative estimate of drug-likeness (QED) is 0.709. The van der Waals surface area contributed by atoms with Gasteiger partial charge in [0, 0.05) is 13.1 Å². The molecule has 1 heterocycles. The van der Waals surface area contributed by atoms with Crippen LogP contribution < -0.4 is 10.6 Å². The Kier molecular flexibility index (Phi) is 4.55. The first-order valence-electron chi connectivity index (χ1n) is 5.52. The van der Waals surface area contributed by atoms with E-state index in [0.29, 0.717) is 13.1 Å². The van der Waals surface area contributed by atoms with Crippen LogP contribution in [0.2, 0.25) is 0 Å². The third kappa shape index (κ3) is 3.20. The van der Waals surface area contributed by atoms with Crippen molar-refractivity contribution >= 4 is 11.9 Å². The molecular weight excluding hydrogens is 194 g/mol. The SMILES string of the molecule is CCN(CC)C(=O)NC(=O)C1CCCN1. The Bertz CT molecular complexity index is 221. The molecule has 1 atom stereocenters. The van der Waals surface area contributed by atoms with E-state index in [9.17, 15) is 9.59 Å². The second kappa shape index (κ2) is 5.70. The van der Waals surface area contributed by atoms with E-state index in [2.05, 4.69) is 10.6 Å². The molecule has 1 aliphatic rings. The van der Waals surface area contributed by atoms with Crippen molar-refractivity contribution in [2.24, 2.45) is 0 Å². The van der Waals surface area contributed by atoms with Gasteiger partial charge in [-0.25, -0.2) is 4.79 Å². The van der Waals surface area contributed by atoms with Gasteiger partial charge in [-0.3, -0.25) is 10.1 Å². The molecule has 86 valence electrons. The van der Waals surface area contributed by atoms with E-state index in [0.717, 1.165) is 19.4 Å². The number of carbonyl (C=O) groups is 2. The van der Waals surface area contributed by atoms with Crippen LogP contribution in [0.4, 0.5) is 4.79 Å². The van der Waals surface area contributed by atoms with E-state index in [-0.39, 0.29) is 18.0 Å². The van der Waals surface area contributed by atoms with E-state index >= 15 is 0 Å². The maximum atomic E-state index is 11.6. The molecule has 0 aromatic rings. The van der Waals surface area contributed by atoms with Gasteiger partial charge in [0.1, 0.15) is 0 Å². The molecule has 0 bridgehead atoms. The van der Waals surface area contributed by atoms with Crippen LogP contribution in [-0.4, -0.2) is 42.5 Å². The predicted octanol–water partition coefficient (Wildman–Crippen LogP) is 0.316. The van der Waals surface area contributed by atoms with Gasteiger partial charge in [-0.1, -0.05) is 0 Å². The summed E-state index contributed by atoms with van der Waals surface area (Å²) in [4.78, 5) is 24.7. The van der Waals surface area contributed by atoms with Gasteiger partial charge in [-0.2, -0.15) is 0 Å². The van der Waals surface area contributed by atoms with Gasteiger partial charge in [-0.05, 0) is 33.2 Å². The summed E-state index contributed by atoms with van der Waals surface area (Å²) < 4.78 is 0. The summed E-state index contributed by atoms with van der Waals surface area (Å²) >= 11 is 0. The molecule has 5 heteroatoms. The van der Waals surface area contributed by atoms with Crippen molar-refractivity contribution in [3.8, 4) is 0 Å². The minimum absolute atomic E-state index is 0.190. The Morgan fingerprint density at radius 1 is 1.40 bits per heavy atom. The lowest BCUT2D eigenvalue weighted by Gasteiger charge is -2.19. The number of carbonyl (C=O) groups excluding carboxylic acids is 2. The molecule has 0 aromatic carbocycles. The molecule has 0 aromatic heterocycles. The van der Waals surface area contributed by atoms with Crippen LogP contribution in [0.15, 0.2) is 0 Å². The number of hydrogen-bond acceptors (Lipinski definition) is 3. The average Bonchev–Trinajstić information content (AvgIpc) is 2.72. The third-order valence-electron chi connectivity index (χ3n) is 2.66. The first-order valence-corrected chi connectivity index (χ1v) is 5.52. The van der Waals surface area contributed by atoms with E-state index in [4.69, 9.17) is 0 Å². The van der Waals surface area contributed by atoms with Crippen LogP contribution in [0.25, 0.3) is 0 Å². The van der Waals surface area contributed by atoms with Crippen molar-refractivity contribution in [3.05, 3.63) is 0 Å². The monoisotopic (exact) mass is 213 g/mol. The molecule has 5 nitrogen and oxygen atoms in total. The number of nitrogens with one attached hydrogen (secondary N) is 2. The molecule has 1 fully saturated rings. The number of amides is 3. The second-order valence-corrected chi connectivity index (χ2v) is 3.62. The van der Waals surface area contributed by atoms with Crippen LogP contribution in [0.5, 0.6) is 0 Å². The number of imide groups is 1. The summed E-state index contributed by atoms with van der Waals surface area (Å²) in [5.41, 5.74) is 0. The zero-order chi connectivity index (χ0) is 11.3. The molecule has 1 rings (SSSR count). The van der Waals surface area contributed by atoms with Gasteiger partial charge in [-0.15, -0.1) is 0 Å². The highest BCUT2D eigenvalue weighted by Crippen LogP contribution is 2.04. The summed E-state index contributed by atoms with van der Waals surface area (Å²) in [6, 6.07) is -0.483. The molecule has 3 amide bonds. The predicted molar refractivity (Wildman–Crippen MR) is 57.5 cm³/mol. The Morgan fingerprint density at radius 3 is 2.53 bits per heavy atom. The molecule has 0 aliphatic carbocycles. The first-order chi connectivity index (χ1) is 7.19. The molecule has 0 saturated carbocycles. The molecule has 1 saturated heterocycles. The lowest BCUT2D eigenvalue weighted by Crippen LogP contribution is -2.48. The van der Waals surface area contributed by atoms with Crippen LogP contribution in [-0.2, 0) is 4.79 Å². The number of urea groups is 1. The Morgan fingerprint density at radius 2 is 2.07 bits per heavy atom. The third-order valence-corrected chi connectivity index (χ3v) is 2.66. The Labute approximate surface area is 90.2 Å². The highest BCUT2D eigenvalue weighted by atomic mass is 16.2. The standard InChI is InChI=1S/C10H19N3O2/c1-3-13(4-2)10(15)12-9(14)8-6-5-7-11-8/h8,11H,3-7H2,1-2H3,(H,12,14,15). The Hall–Kier alpha value is -1.10. The topological polar surface area (TPSA) is 61.4 Å². The van der Waals surface area contributed by atoms with Gasteiger partial charge in [0.25, 0.3) is 0 Å². The van der Waals surface area contributed by atoms with Crippen LogP contribution in [0, 0.1) is 0 Å². The lowest BCUT2D eigenvalue weighted by atomic mass is 10.2. The van der Waals surface area contributed by atoms with Gasteiger partial charge >= 0.3 is 6.03 Å². The molecular formula is C10H19N3O2. The molecule has 2 N–H and O–H groups in total. The van der Waals surface area contributed by atoms with Crippen molar-refractivity contribution in [1.29, 1.82) is 0 Å². The van der Waals surface area contributed by atoms with E-state index < -0.39 is 0 Å². The summed E-state index contributed by atoms with van der Waals surface area (Å²) in [7, 11) is 0. The molecule has 1 aliphatic heterocycles. The van der Waals surface area contributed by atoms with Crippen LogP contribution in [0.3, 0.4) is 0 Å². The van der Waals surface area contributed by atoms with Crippen molar-refractivity contribution in [2.45, 2.75) is 32.7 Å². The number of rotatable bonds is 3. The second-order valence-electron chi connectivity index (χ2n) is 3.62. The maximum absolute atomic E-state index is 11.6. The zero-order valence-corrected chi connectivity index (χ0v) is 9.38. The van der Waals surface area contributed by atoms with Crippen molar-refractivity contribution in [3.63, 3.8) is 0 Å². The molecule has 1 unspecified atom stereocenters. The van der Waals surface area contributed by atoms with Crippen molar-refractivity contribution < 1.29 is 9.59 Å². The molecule has 0 spiro atoms. The van der Waals surface area contributed by atoms with Gasteiger partial charge in [0.05, 0.1) is 6.04 Å². The lowest BCUT2D eigenvalue weighted by molar-refractivity contribution is -0.121. The fourth-order valence-electron chi connectivity index (χ4n) is 1.69. The largest absolute Gasteiger partial charge is 0.325 e. The fraction of sp³-hybridized carbons (Fsp3) is 0.800. The van der Waals surface area contributed by atoms with Crippen LogP contribution >= 0.6 is 0 Å². The van der Waals surface area contributed by atoms with E-state index in [1.54, 1.807) is 4.90 Å². The summed E-state index contributed by atoms with van der Waals surface area (Å²) in [6.45, 7) is 5.88. The highest BCUT2D eigenvalue weighted by Gasteiger charge is 2.24. The first kappa shape index (κ1) is 12.0. The summed E-state index contributed by atoms with van der Waals surface area (Å²) in [5.74, 6) is -0.204. The molecule has 0 radical (unpaired) electrons. The van der Waals surface area contributed by atoms with Gasteiger partial charge < -0.3 is 10.2 Å². The van der Waals surface area contributed by atoms with Crippen molar-refractivity contribution in [1.82, 2.24) is 15.5 Å². The highest BCUT2D eigenvalue weighted by molar-refractivity contribution is 5.97. The molecule has 15 heavy (non-hydrogen) atoms. The smallest absolute Gasteiger partial charge is 0.324 e. The maximum Gasteiger partial charge on any atom is 0.324 e. The fourth-order valence-corrected chi connectivity index (χ4v) is 1.69. The van der Waals surface area contributed by atoms with Crippen LogP contribution in [0.1, 0.15) is 26.7 Å². The zero-order valence-electron chi connectivity index (χ0n) is 9.38. The average molecular weight is 213 g/mol. The van der Waals surface area contributed by atoms with Gasteiger partial charge in [0.15, 0.2) is 0 Å². The summed E-state index contributed by atoms with van der Waals surface area (Å²) in [5, 5.41) is 5.46. The number of nitrogens with zero attached hydrogens (tertiary/aromatic N) is 1. The van der Waals surface area contributed by atoms with E-state index in [1.807, 2.05) is 13.8 Å². The van der Waals surface area contributed by atoms with E-state index in [1.165, 1.54) is 0 Å². The summed E-state index contributed by atoms with van der Waals surface area (Å²) in [6.07, 6.45) is 1.81. The minimum atomic E-state index is -0.293.